The first-order chi connectivity index (χ1) is 9.17. The van der Waals surface area contributed by atoms with E-state index in [9.17, 15) is 0 Å². The number of rotatable bonds is 5. The molecule has 0 spiro atoms. The van der Waals surface area contributed by atoms with E-state index in [1.165, 1.54) is 25.7 Å². The summed E-state index contributed by atoms with van der Waals surface area (Å²) < 4.78 is 1.91. The van der Waals surface area contributed by atoms with Crippen LogP contribution >= 0.6 is 11.8 Å². The average molecular weight is 282 g/mol. The predicted molar refractivity (Wildman–Crippen MR) is 84.8 cm³/mol. The SMILES string of the molecule is CCCc1nn(C)c(NC2CCCCC2SC)c1N. The highest BCUT2D eigenvalue weighted by Gasteiger charge is 2.26. The van der Waals surface area contributed by atoms with Crippen LogP contribution in [0.5, 0.6) is 0 Å². The van der Waals surface area contributed by atoms with Crippen LogP contribution in [-0.2, 0) is 13.5 Å². The number of thioether (sulfide) groups is 1. The van der Waals surface area contributed by atoms with Gasteiger partial charge in [0.1, 0.15) is 5.82 Å². The zero-order valence-electron chi connectivity index (χ0n) is 12.3. The van der Waals surface area contributed by atoms with Crippen LogP contribution < -0.4 is 11.1 Å². The standard InChI is InChI=1S/C14H26N4S/c1-4-7-11-13(15)14(18(2)17-11)16-10-8-5-6-9-12(10)19-3/h10,12,16H,4-9,15H2,1-3H3. The van der Waals surface area contributed by atoms with Gasteiger partial charge in [-0.25, -0.2) is 0 Å². The quantitative estimate of drug-likeness (QED) is 0.871. The molecule has 1 aromatic heterocycles. The number of hydrogen-bond donors (Lipinski definition) is 2. The number of aromatic nitrogens is 2. The van der Waals surface area contributed by atoms with Gasteiger partial charge in [0.15, 0.2) is 0 Å². The summed E-state index contributed by atoms with van der Waals surface area (Å²) in [6.07, 6.45) is 9.45. The Morgan fingerprint density at radius 1 is 1.42 bits per heavy atom. The first-order valence-corrected chi connectivity index (χ1v) is 8.56. The van der Waals surface area contributed by atoms with E-state index >= 15 is 0 Å². The van der Waals surface area contributed by atoms with Gasteiger partial charge >= 0.3 is 0 Å². The predicted octanol–water partition coefficient (Wildman–Crippen LogP) is 3.04. The Balaban J connectivity index is 2.13. The van der Waals surface area contributed by atoms with Crippen LogP contribution in [0.15, 0.2) is 0 Å². The van der Waals surface area contributed by atoms with E-state index in [0.717, 1.165) is 30.0 Å². The van der Waals surface area contributed by atoms with Gasteiger partial charge in [-0.3, -0.25) is 4.68 Å². The summed E-state index contributed by atoms with van der Waals surface area (Å²) in [6.45, 7) is 2.16. The van der Waals surface area contributed by atoms with Gasteiger partial charge in [0, 0.05) is 18.3 Å². The molecule has 0 aliphatic heterocycles. The van der Waals surface area contributed by atoms with Gasteiger partial charge in [0.05, 0.1) is 11.4 Å². The maximum atomic E-state index is 6.24. The summed E-state index contributed by atoms with van der Waals surface area (Å²) in [5.74, 6) is 1.01. The molecule has 1 aromatic rings. The number of nitrogen functional groups attached to an aromatic ring is 1. The Hall–Kier alpha value is -0.840. The van der Waals surface area contributed by atoms with Crippen molar-refractivity contribution >= 4 is 23.3 Å². The lowest BCUT2D eigenvalue weighted by atomic mass is 9.95. The summed E-state index contributed by atoms with van der Waals surface area (Å²) in [7, 11) is 1.98. The number of nitrogens with one attached hydrogen (secondary N) is 1. The second-order valence-corrected chi connectivity index (χ2v) is 6.47. The van der Waals surface area contributed by atoms with Crippen molar-refractivity contribution in [3.63, 3.8) is 0 Å². The summed E-state index contributed by atoms with van der Waals surface area (Å²) in [4.78, 5) is 0. The molecule has 0 aromatic carbocycles. The molecule has 19 heavy (non-hydrogen) atoms. The van der Waals surface area contributed by atoms with Gasteiger partial charge in [-0.1, -0.05) is 26.2 Å². The van der Waals surface area contributed by atoms with Gasteiger partial charge in [0.2, 0.25) is 0 Å². The van der Waals surface area contributed by atoms with Gasteiger partial charge in [-0.05, 0) is 25.5 Å². The average Bonchev–Trinajstić information content (AvgIpc) is 2.68. The van der Waals surface area contributed by atoms with Crippen LogP contribution in [0.25, 0.3) is 0 Å². The van der Waals surface area contributed by atoms with Crippen LogP contribution in [0.3, 0.4) is 0 Å². The van der Waals surface area contributed by atoms with E-state index in [2.05, 4.69) is 23.6 Å². The second-order valence-electron chi connectivity index (χ2n) is 5.39. The summed E-state index contributed by atoms with van der Waals surface area (Å²) in [5, 5.41) is 8.88. The third kappa shape index (κ3) is 3.19. The minimum Gasteiger partial charge on any atom is -0.394 e. The van der Waals surface area contributed by atoms with Gasteiger partial charge < -0.3 is 11.1 Å². The lowest BCUT2D eigenvalue weighted by Gasteiger charge is -2.31. The first kappa shape index (κ1) is 14.6. The number of aryl methyl sites for hydroxylation is 2. The molecule has 0 saturated heterocycles. The van der Waals surface area contributed by atoms with Crippen molar-refractivity contribution in [1.29, 1.82) is 0 Å². The van der Waals surface area contributed by atoms with Crippen LogP contribution in [-0.4, -0.2) is 27.3 Å². The highest BCUT2D eigenvalue weighted by molar-refractivity contribution is 7.99. The third-order valence-corrected chi connectivity index (χ3v) is 5.14. The minimum atomic E-state index is 0.524. The molecule has 2 rings (SSSR count). The Kier molecular flexibility index (Phi) is 5.02. The molecule has 0 amide bonds. The van der Waals surface area contributed by atoms with Crippen molar-refractivity contribution in [2.75, 3.05) is 17.3 Å². The molecule has 4 nitrogen and oxygen atoms in total. The molecule has 2 unspecified atom stereocenters. The number of hydrogen-bond acceptors (Lipinski definition) is 4. The highest BCUT2D eigenvalue weighted by atomic mass is 32.2. The molecule has 108 valence electrons. The van der Waals surface area contributed by atoms with Crippen LogP contribution in [0.2, 0.25) is 0 Å². The van der Waals surface area contributed by atoms with Crippen molar-refractivity contribution in [2.24, 2.45) is 7.05 Å². The molecular weight excluding hydrogens is 256 g/mol. The fraction of sp³-hybridized carbons (Fsp3) is 0.786. The molecule has 1 fully saturated rings. The molecule has 5 heteroatoms. The molecule has 1 aliphatic carbocycles. The third-order valence-electron chi connectivity index (χ3n) is 3.97. The number of nitrogens with zero attached hydrogens (tertiary/aromatic N) is 2. The fourth-order valence-electron chi connectivity index (χ4n) is 2.91. The van der Waals surface area contributed by atoms with Crippen LogP contribution in [0.1, 0.15) is 44.7 Å². The molecule has 2 atom stereocenters. The summed E-state index contributed by atoms with van der Waals surface area (Å²) in [6, 6.07) is 0.524. The molecule has 1 aliphatic rings. The zero-order chi connectivity index (χ0) is 13.8. The Morgan fingerprint density at radius 2 is 2.16 bits per heavy atom. The fourth-order valence-corrected chi connectivity index (χ4v) is 3.84. The topological polar surface area (TPSA) is 55.9 Å². The van der Waals surface area contributed by atoms with Crippen molar-refractivity contribution in [3.8, 4) is 0 Å². The lowest BCUT2D eigenvalue weighted by Crippen LogP contribution is -2.35. The zero-order valence-corrected chi connectivity index (χ0v) is 13.1. The number of anilines is 2. The second kappa shape index (κ2) is 6.55. The lowest BCUT2D eigenvalue weighted by molar-refractivity contribution is 0.472. The molecular formula is C14H26N4S. The highest BCUT2D eigenvalue weighted by Crippen LogP contribution is 2.32. The van der Waals surface area contributed by atoms with E-state index < -0.39 is 0 Å². The molecule has 1 heterocycles. The van der Waals surface area contributed by atoms with Crippen LogP contribution in [0, 0.1) is 0 Å². The van der Waals surface area contributed by atoms with E-state index in [4.69, 9.17) is 5.73 Å². The Labute approximate surface area is 120 Å². The van der Waals surface area contributed by atoms with E-state index in [1.54, 1.807) is 0 Å². The van der Waals surface area contributed by atoms with Crippen molar-refractivity contribution in [1.82, 2.24) is 9.78 Å². The van der Waals surface area contributed by atoms with Crippen molar-refractivity contribution in [3.05, 3.63) is 5.69 Å². The first-order valence-electron chi connectivity index (χ1n) is 7.28. The summed E-state index contributed by atoms with van der Waals surface area (Å²) >= 11 is 1.97. The maximum absolute atomic E-state index is 6.24. The Morgan fingerprint density at radius 3 is 2.84 bits per heavy atom. The smallest absolute Gasteiger partial charge is 0.148 e. The normalized spacial score (nSPS) is 23.5. The van der Waals surface area contributed by atoms with Crippen molar-refractivity contribution < 1.29 is 0 Å². The summed E-state index contributed by atoms with van der Waals surface area (Å²) in [5.41, 5.74) is 8.12. The van der Waals surface area contributed by atoms with E-state index in [1.807, 2.05) is 23.5 Å². The van der Waals surface area contributed by atoms with Crippen LogP contribution in [0.4, 0.5) is 11.5 Å². The largest absolute Gasteiger partial charge is 0.394 e. The molecule has 0 radical (unpaired) electrons. The van der Waals surface area contributed by atoms with Gasteiger partial charge in [-0.15, -0.1) is 0 Å². The maximum Gasteiger partial charge on any atom is 0.148 e. The molecule has 1 saturated carbocycles. The monoisotopic (exact) mass is 282 g/mol. The minimum absolute atomic E-state index is 0.524. The molecule has 0 bridgehead atoms. The van der Waals surface area contributed by atoms with Gasteiger partial charge in [0.25, 0.3) is 0 Å². The molecule has 3 N–H and O–H groups in total. The van der Waals surface area contributed by atoms with E-state index in [-0.39, 0.29) is 0 Å². The van der Waals surface area contributed by atoms with Crippen molar-refractivity contribution in [2.45, 2.75) is 56.7 Å². The van der Waals surface area contributed by atoms with E-state index in [0.29, 0.717) is 11.3 Å². The van der Waals surface area contributed by atoms with Gasteiger partial charge in [-0.2, -0.15) is 16.9 Å². The Bertz CT molecular complexity index is 416. The number of nitrogens with two attached hydrogens (primary N) is 1.